The molecule has 1 aliphatic heterocycles. The van der Waals surface area contributed by atoms with E-state index in [9.17, 15) is 5.11 Å². The van der Waals surface area contributed by atoms with Gasteiger partial charge in [0.25, 0.3) is 0 Å². The molecule has 0 unspecified atom stereocenters. The Labute approximate surface area is 200 Å². The van der Waals surface area contributed by atoms with Crippen LogP contribution in [-0.2, 0) is 19.4 Å². The number of fused-ring (bicyclic) bond motifs is 3. The Morgan fingerprint density at radius 1 is 0.818 bits per heavy atom. The minimum atomic E-state index is -0.959. The highest BCUT2D eigenvalue weighted by Crippen LogP contribution is 2.48. The van der Waals surface area contributed by atoms with Crippen LogP contribution in [0.2, 0.25) is 0 Å². The van der Waals surface area contributed by atoms with Gasteiger partial charge < -0.3 is 19.1 Å². The van der Waals surface area contributed by atoms with Crippen LogP contribution < -0.4 is 10.9 Å². The number of rotatable bonds is 5. The first-order valence-corrected chi connectivity index (χ1v) is 11.8. The summed E-state index contributed by atoms with van der Waals surface area (Å²) in [4.78, 5) is 0. The third kappa shape index (κ3) is 3.99. The van der Waals surface area contributed by atoms with Crippen molar-refractivity contribution in [2.45, 2.75) is 97.1 Å². The summed E-state index contributed by atoms with van der Waals surface area (Å²) in [5.74, 6) is 0. The zero-order valence-corrected chi connectivity index (χ0v) is 21.8. The monoisotopic (exact) mass is 447 g/mol. The molecule has 4 rings (SSSR count). The van der Waals surface area contributed by atoms with Gasteiger partial charge in [0.2, 0.25) is 0 Å². The smallest absolute Gasteiger partial charge is 0.427 e. The molecule has 1 aliphatic carbocycles. The van der Waals surface area contributed by atoms with Crippen LogP contribution >= 0.6 is 0 Å². The molecule has 0 bridgehead atoms. The van der Waals surface area contributed by atoms with Gasteiger partial charge in [0.05, 0.1) is 22.4 Å². The molecule has 33 heavy (non-hydrogen) atoms. The zero-order valence-electron chi connectivity index (χ0n) is 21.8. The quantitative estimate of drug-likeness (QED) is 0.702. The second kappa shape index (κ2) is 7.45. The molecule has 1 saturated heterocycles. The van der Waals surface area contributed by atoms with Crippen molar-refractivity contribution in [2.24, 2.45) is 0 Å². The SMILES string of the molecule is CC1(C)c2cc([B]OC(C)(C)C(C)(C)O)ccc2-c2ccc(B3OC(C)(C)C(C)(C)O3)cc21. The summed E-state index contributed by atoms with van der Waals surface area (Å²) in [6, 6.07) is 13.0. The minimum absolute atomic E-state index is 0.167. The third-order valence-electron chi connectivity index (χ3n) is 8.21. The summed E-state index contributed by atoms with van der Waals surface area (Å²) >= 11 is 0. The van der Waals surface area contributed by atoms with E-state index < -0.39 is 11.2 Å². The molecule has 1 fully saturated rings. The van der Waals surface area contributed by atoms with Crippen molar-refractivity contribution in [3.05, 3.63) is 47.5 Å². The van der Waals surface area contributed by atoms with Crippen molar-refractivity contribution in [3.8, 4) is 11.1 Å². The van der Waals surface area contributed by atoms with E-state index in [-0.39, 0.29) is 23.7 Å². The molecule has 175 valence electrons. The van der Waals surface area contributed by atoms with Crippen LogP contribution in [0.3, 0.4) is 0 Å². The number of hydrogen-bond donors (Lipinski definition) is 1. The molecule has 0 spiro atoms. The lowest BCUT2D eigenvalue weighted by Gasteiger charge is -2.37. The van der Waals surface area contributed by atoms with Crippen LogP contribution in [0.15, 0.2) is 36.4 Å². The average Bonchev–Trinajstić information content (AvgIpc) is 3.05. The molecule has 6 heteroatoms. The lowest BCUT2D eigenvalue weighted by atomic mass is 9.74. The fraction of sp³-hybridized carbons (Fsp3) is 0.556. The second-order valence-electron chi connectivity index (χ2n) is 12.1. The molecule has 4 nitrogen and oxygen atoms in total. The topological polar surface area (TPSA) is 47.9 Å². The average molecular weight is 447 g/mol. The first-order chi connectivity index (χ1) is 15.0. The molecule has 0 amide bonds. The lowest BCUT2D eigenvalue weighted by Crippen LogP contribution is -2.49. The predicted octanol–water partition coefficient (Wildman–Crippen LogP) is 4.10. The van der Waals surface area contributed by atoms with Gasteiger partial charge in [-0.1, -0.05) is 55.7 Å². The Morgan fingerprint density at radius 2 is 1.33 bits per heavy atom. The summed E-state index contributed by atoms with van der Waals surface area (Å²) in [6.07, 6.45) is 0. The van der Waals surface area contributed by atoms with Gasteiger partial charge in [0.1, 0.15) is 0 Å². The Bertz CT molecular complexity index is 1060. The summed E-state index contributed by atoms with van der Waals surface area (Å²) < 4.78 is 18.6. The maximum absolute atomic E-state index is 10.4. The fourth-order valence-corrected chi connectivity index (χ4v) is 4.33. The van der Waals surface area contributed by atoms with Gasteiger partial charge >= 0.3 is 14.6 Å². The summed E-state index contributed by atoms with van der Waals surface area (Å²) in [6.45, 7) is 20.2. The number of benzene rings is 2. The van der Waals surface area contributed by atoms with Gasteiger partial charge in [0.15, 0.2) is 0 Å². The molecule has 2 aromatic carbocycles. The molecule has 1 radical (unpaired) electrons. The molecule has 1 heterocycles. The predicted molar refractivity (Wildman–Crippen MR) is 137 cm³/mol. The third-order valence-corrected chi connectivity index (χ3v) is 8.21. The van der Waals surface area contributed by atoms with E-state index >= 15 is 0 Å². The zero-order chi connectivity index (χ0) is 24.6. The van der Waals surface area contributed by atoms with Gasteiger partial charge in [-0.2, -0.15) is 0 Å². The standard InChI is InChI=1S/C27H37B2O4/c1-23(2)21-15-17(28-31-25(5,6)24(3,4)30)11-13-19(21)20-14-12-18(16-22(20)23)29-32-26(7,8)27(9,10)33-29/h11-16,30H,1-10H3. The maximum Gasteiger partial charge on any atom is 0.494 e. The minimum Gasteiger partial charge on any atom is -0.427 e. The van der Waals surface area contributed by atoms with Crippen molar-refractivity contribution in [1.82, 2.24) is 0 Å². The molecule has 2 aromatic rings. The molecular weight excluding hydrogens is 410 g/mol. The molecule has 0 aromatic heterocycles. The normalized spacial score (nSPS) is 20.5. The number of aliphatic hydroxyl groups is 1. The highest BCUT2D eigenvalue weighted by atomic mass is 16.7. The fourth-order valence-electron chi connectivity index (χ4n) is 4.33. The van der Waals surface area contributed by atoms with Crippen molar-refractivity contribution in [1.29, 1.82) is 0 Å². The van der Waals surface area contributed by atoms with E-state index in [0.29, 0.717) is 0 Å². The Morgan fingerprint density at radius 3 is 1.88 bits per heavy atom. The summed E-state index contributed by atoms with van der Waals surface area (Å²) in [5.41, 5.74) is 4.51. The summed E-state index contributed by atoms with van der Waals surface area (Å²) in [7, 11) is 1.38. The molecule has 1 N–H and O–H groups in total. The van der Waals surface area contributed by atoms with E-state index in [1.54, 1.807) is 21.3 Å². The highest BCUT2D eigenvalue weighted by molar-refractivity contribution is 6.62. The van der Waals surface area contributed by atoms with Crippen LogP contribution in [-0.4, -0.2) is 42.1 Å². The molecule has 0 saturated carbocycles. The van der Waals surface area contributed by atoms with Gasteiger partial charge in [0, 0.05) is 5.41 Å². The molecule has 0 atom stereocenters. The maximum atomic E-state index is 10.4. The van der Waals surface area contributed by atoms with Crippen LogP contribution in [0.5, 0.6) is 0 Å². The van der Waals surface area contributed by atoms with E-state index in [2.05, 4.69) is 77.9 Å². The first kappa shape index (κ1) is 24.5. The second-order valence-corrected chi connectivity index (χ2v) is 12.1. The van der Waals surface area contributed by atoms with E-state index in [1.807, 2.05) is 13.8 Å². The Balaban J connectivity index is 1.63. The van der Waals surface area contributed by atoms with Crippen molar-refractivity contribution >= 4 is 25.5 Å². The van der Waals surface area contributed by atoms with Gasteiger partial charge in [-0.25, -0.2) is 0 Å². The van der Waals surface area contributed by atoms with E-state index in [1.165, 1.54) is 22.3 Å². The number of hydrogen-bond acceptors (Lipinski definition) is 4. The summed E-state index contributed by atoms with van der Waals surface area (Å²) in [5, 5.41) is 10.4. The first-order valence-electron chi connectivity index (χ1n) is 11.8. The van der Waals surface area contributed by atoms with Crippen LogP contribution in [0.25, 0.3) is 11.1 Å². The van der Waals surface area contributed by atoms with Crippen molar-refractivity contribution in [3.63, 3.8) is 0 Å². The highest BCUT2D eigenvalue weighted by Gasteiger charge is 2.52. The van der Waals surface area contributed by atoms with Gasteiger partial charge in [-0.15, -0.1) is 0 Å². The van der Waals surface area contributed by atoms with Crippen LogP contribution in [0.1, 0.15) is 80.4 Å². The Hall–Kier alpha value is -1.59. The molecule has 2 aliphatic rings. The Kier molecular flexibility index (Phi) is 5.54. The lowest BCUT2D eigenvalue weighted by molar-refractivity contribution is -0.0893. The van der Waals surface area contributed by atoms with Crippen LogP contribution in [0.4, 0.5) is 0 Å². The largest absolute Gasteiger partial charge is 0.494 e. The van der Waals surface area contributed by atoms with E-state index in [0.717, 1.165) is 10.9 Å². The molecular formula is C27H37B2O4. The van der Waals surface area contributed by atoms with E-state index in [4.69, 9.17) is 14.0 Å². The van der Waals surface area contributed by atoms with Gasteiger partial charge in [-0.3, -0.25) is 0 Å². The van der Waals surface area contributed by atoms with Crippen LogP contribution in [0, 0.1) is 0 Å². The van der Waals surface area contributed by atoms with Crippen molar-refractivity contribution in [2.75, 3.05) is 0 Å². The van der Waals surface area contributed by atoms with Crippen molar-refractivity contribution < 1.29 is 19.1 Å². The van der Waals surface area contributed by atoms with Gasteiger partial charge in [-0.05, 0) is 83.1 Å².